The van der Waals surface area contributed by atoms with Gasteiger partial charge in [0.15, 0.2) is 0 Å². The second-order valence-corrected chi connectivity index (χ2v) is 5.73. The zero-order valence-electron chi connectivity index (χ0n) is 10.9. The summed E-state index contributed by atoms with van der Waals surface area (Å²) in [7, 11) is 1.33. The summed E-state index contributed by atoms with van der Waals surface area (Å²) in [5.74, 6) is -0.531. The lowest BCUT2D eigenvalue weighted by molar-refractivity contribution is -0.139. The van der Waals surface area contributed by atoms with Gasteiger partial charge in [0.25, 0.3) is 5.91 Å². The number of halogens is 1. The van der Waals surface area contributed by atoms with E-state index in [-0.39, 0.29) is 18.4 Å². The predicted molar refractivity (Wildman–Crippen MR) is 86.1 cm³/mol. The Balaban J connectivity index is 2.14. The fourth-order valence-corrected chi connectivity index (χ4v) is 2.39. The van der Waals surface area contributed by atoms with Gasteiger partial charge in [-0.25, -0.2) is 0 Å². The number of ether oxygens (including phenoxy) is 1. The molecule has 1 N–H and O–H groups in total. The first-order valence-electron chi connectivity index (χ1n) is 6.11. The number of esters is 1. The molecule has 0 saturated heterocycles. The van der Waals surface area contributed by atoms with Gasteiger partial charge in [0.2, 0.25) is 0 Å². The summed E-state index contributed by atoms with van der Waals surface area (Å²) in [6.07, 6.45) is 0. The highest BCUT2D eigenvalue weighted by atomic mass is 127. The molecular weight excluding hydrogens is 369 g/mol. The number of carbonyl (C=O) groups excluding carboxylic acids is 2. The molecule has 0 radical (unpaired) electrons. The predicted octanol–water partition coefficient (Wildman–Crippen LogP) is 2.55. The number of fused-ring (bicyclic) bond motifs is 1. The molecule has 1 unspecified atom stereocenters. The highest BCUT2D eigenvalue weighted by Gasteiger charge is 2.17. The Kier molecular flexibility index (Phi) is 4.94. The molecule has 1 amide bonds. The minimum absolute atomic E-state index is 0.188. The topological polar surface area (TPSA) is 55.4 Å². The Morgan fingerprint density at radius 3 is 2.65 bits per heavy atom. The van der Waals surface area contributed by atoms with Crippen molar-refractivity contribution in [1.29, 1.82) is 0 Å². The number of hydrogen-bond acceptors (Lipinski definition) is 3. The van der Waals surface area contributed by atoms with Crippen LogP contribution >= 0.6 is 22.6 Å². The molecule has 2 rings (SSSR count). The molecule has 0 aliphatic heterocycles. The van der Waals surface area contributed by atoms with Crippen LogP contribution in [0.25, 0.3) is 10.8 Å². The summed E-state index contributed by atoms with van der Waals surface area (Å²) < 4.78 is 4.23. The minimum atomic E-state index is -0.392. The van der Waals surface area contributed by atoms with E-state index in [1.165, 1.54) is 7.11 Å². The maximum absolute atomic E-state index is 12.2. The second-order valence-electron chi connectivity index (χ2n) is 4.23. The highest BCUT2D eigenvalue weighted by Crippen LogP contribution is 2.18. The van der Waals surface area contributed by atoms with E-state index in [0.717, 1.165) is 10.8 Å². The average molecular weight is 383 g/mol. The van der Waals surface area contributed by atoms with Gasteiger partial charge in [-0.3, -0.25) is 9.59 Å². The summed E-state index contributed by atoms with van der Waals surface area (Å²) >= 11 is 1.95. The van der Waals surface area contributed by atoms with Crippen LogP contribution in [0.4, 0.5) is 0 Å². The highest BCUT2D eigenvalue weighted by molar-refractivity contribution is 14.1. The van der Waals surface area contributed by atoms with Crippen LogP contribution in [0.5, 0.6) is 0 Å². The molecule has 2 aromatic rings. The monoisotopic (exact) mass is 383 g/mol. The second kappa shape index (κ2) is 6.69. The van der Waals surface area contributed by atoms with Crippen molar-refractivity contribution in [3.63, 3.8) is 0 Å². The van der Waals surface area contributed by atoms with Crippen molar-refractivity contribution in [2.45, 2.75) is 3.92 Å². The molecule has 5 heteroatoms. The number of benzene rings is 2. The van der Waals surface area contributed by atoms with Gasteiger partial charge in [-0.2, -0.15) is 0 Å². The summed E-state index contributed by atoms with van der Waals surface area (Å²) in [5, 5.41) is 4.67. The number of methoxy groups -OCH3 is 1. The maximum Gasteiger partial charge on any atom is 0.320 e. The molecule has 1 atom stereocenters. The molecule has 104 valence electrons. The molecule has 0 aromatic heterocycles. The van der Waals surface area contributed by atoms with Crippen LogP contribution in [0.15, 0.2) is 42.5 Å². The van der Waals surface area contributed by atoms with Crippen LogP contribution in [0.1, 0.15) is 10.4 Å². The van der Waals surface area contributed by atoms with E-state index < -0.39 is 3.92 Å². The Morgan fingerprint density at radius 2 is 1.90 bits per heavy atom. The van der Waals surface area contributed by atoms with Crippen molar-refractivity contribution in [2.24, 2.45) is 0 Å². The molecule has 0 aliphatic carbocycles. The molecule has 0 saturated carbocycles. The van der Waals surface area contributed by atoms with Gasteiger partial charge in [0.05, 0.1) is 7.11 Å². The maximum atomic E-state index is 12.2. The Hall–Kier alpha value is -1.63. The van der Waals surface area contributed by atoms with Crippen molar-refractivity contribution in [3.05, 3.63) is 48.0 Å². The molecule has 20 heavy (non-hydrogen) atoms. The van der Waals surface area contributed by atoms with Crippen molar-refractivity contribution < 1.29 is 14.3 Å². The number of carbonyl (C=O) groups is 2. The zero-order valence-corrected chi connectivity index (χ0v) is 13.1. The van der Waals surface area contributed by atoms with Crippen LogP contribution in [0.2, 0.25) is 0 Å². The van der Waals surface area contributed by atoms with Gasteiger partial charge in [-0.15, -0.1) is 0 Å². The minimum Gasteiger partial charge on any atom is -0.468 e. The number of hydrogen-bond donors (Lipinski definition) is 1. The van der Waals surface area contributed by atoms with Gasteiger partial charge in [-0.1, -0.05) is 59.0 Å². The van der Waals surface area contributed by atoms with E-state index in [0.29, 0.717) is 5.56 Å². The lowest BCUT2D eigenvalue weighted by atomic mass is 10.0. The summed E-state index contributed by atoms with van der Waals surface area (Å²) in [6.45, 7) is 0.245. The molecule has 4 nitrogen and oxygen atoms in total. The third-order valence-corrected chi connectivity index (χ3v) is 3.88. The molecule has 0 bridgehead atoms. The lowest BCUT2D eigenvalue weighted by Crippen LogP contribution is -2.33. The van der Waals surface area contributed by atoms with Crippen LogP contribution in [0, 0.1) is 0 Å². The van der Waals surface area contributed by atoms with Gasteiger partial charge in [0.1, 0.15) is 3.92 Å². The van der Waals surface area contributed by atoms with Crippen molar-refractivity contribution in [3.8, 4) is 0 Å². The molecule has 0 spiro atoms. The van der Waals surface area contributed by atoms with Crippen molar-refractivity contribution in [2.75, 3.05) is 13.7 Å². The standard InChI is InChI=1S/C15H14INO3/c1-20-15(19)13(16)9-17-14(18)12-8-4-6-10-5-2-3-7-11(10)12/h2-8,13H,9H2,1H3,(H,17,18). The quantitative estimate of drug-likeness (QED) is 0.502. The summed E-state index contributed by atoms with van der Waals surface area (Å²) in [4.78, 5) is 23.5. The van der Waals surface area contributed by atoms with Crippen molar-refractivity contribution in [1.82, 2.24) is 5.32 Å². The number of rotatable bonds is 4. The molecule has 2 aromatic carbocycles. The van der Waals surface area contributed by atoms with Crippen LogP contribution in [0.3, 0.4) is 0 Å². The van der Waals surface area contributed by atoms with E-state index >= 15 is 0 Å². The fourth-order valence-electron chi connectivity index (χ4n) is 1.91. The first-order chi connectivity index (χ1) is 9.63. The molecule has 0 fully saturated rings. The van der Waals surface area contributed by atoms with Crippen molar-refractivity contribution >= 4 is 45.2 Å². The van der Waals surface area contributed by atoms with E-state index in [2.05, 4.69) is 10.1 Å². The smallest absolute Gasteiger partial charge is 0.320 e. The van der Waals surface area contributed by atoms with Gasteiger partial charge >= 0.3 is 5.97 Å². The van der Waals surface area contributed by atoms with Crippen LogP contribution < -0.4 is 5.32 Å². The van der Waals surface area contributed by atoms with Gasteiger partial charge < -0.3 is 10.1 Å². The summed E-state index contributed by atoms with van der Waals surface area (Å²) in [5.41, 5.74) is 0.608. The Labute approximate surface area is 130 Å². The SMILES string of the molecule is COC(=O)C(I)CNC(=O)c1cccc2ccccc12. The van der Waals surface area contributed by atoms with E-state index in [4.69, 9.17) is 0 Å². The van der Waals surface area contributed by atoms with Crippen LogP contribution in [-0.2, 0) is 9.53 Å². The Bertz CT molecular complexity index is 637. The molecule has 0 aliphatic rings. The third kappa shape index (κ3) is 3.27. The average Bonchev–Trinajstić information content (AvgIpc) is 2.50. The number of alkyl halides is 1. The number of amides is 1. The first-order valence-corrected chi connectivity index (χ1v) is 7.36. The molecule has 0 heterocycles. The largest absolute Gasteiger partial charge is 0.468 e. The normalized spacial score (nSPS) is 11.9. The third-order valence-electron chi connectivity index (χ3n) is 2.93. The Morgan fingerprint density at radius 1 is 1.20 bits per heavy atom. The fraction of sp³-hybridized carbons (Fsp3) is 0.200. The van der Waals surface area contributed by atoms with Gasteiger partial charge in [-0.05, 0) is 16.8 Å². The van der Waals surface area contributed by atoms with E-state index in [1.54, 1.807) is 6.07 Å². The molecular formula is C15H14INO3. The van der Waals surface area contributed by atoms with E-state index in [9.17, 15) is 9.59 Å². The number of nitrogens with one attached hydrogen (secondary N) is 1. The van der Waals surface area contributed by atoms with E-state index in [1.807, 2.05) is 59.0 Å². The summed E-state index contributed by atoms with van der Waals surface area (Å²) in [6, 6.07) is 13.3. The van der Waals surface area contributed by atoms with Crippen LogP contribution in [-0.4, -0.2) is 29.5 Å². The van der Waals surface area contributed by atoms with Gasteiger partial charge in [0, 0.05) is 12.1 Å². The lowest BCUT2D eigenvalue weighted by Gasteiger charge is -2.10. The zero-order chi connectivity index (χ0) is 14.5. The first kappa shape index (κ1) is 14.8.